The molecule has 0 aliphatic rings. The molecule has 0 fully saturated rings. The van der Waals surface area contributed by atoms with Gasteiger partial charge in [-0.15, -0.1) is 22.9 Å². The standard InChI is InChI=1S/C6H5Br2ClS/c1-3-5(7)4(2-9)10-6(3)8/h2H2,1H3. The minimum atomic E-state index is 0.581. The lowest BCUT2D eigenvalue weighted by Crippen LogP contribution is -1.70. The molecule has 0 saturated carbocycles. The van der Waals surface area contributed by atoms with E-state index in [1.165, 1.54) is 10.4 Å². The van der Waals surface area contributed by atoms with Gasteiger partial charge in [0.15, 0.2) is 0 Å². The topological polar surface area (TPSA) is 0 Å². The fourth-order valence-electron chi connectivity index (χ4n) is 0.611. The van der Waals surface area contributed by atoms with Crippen molar-refractivity contribution < 1.29 is 0 Å². The van der Waals surface area contributed by atoms with Crippen LogP contribution in [0.5, 0.6) is 0 Å². The van der Waals surface area contributed by atoms with E-state index in [9.17, 15) is 0 Å². The molecule has 0 atom stereocenters. The Labute approximate surface area is 85.8 Å². The van der Waals surface area contributed by atoms with Crippen LogP contribution in [-0.4, -0.2) is 0 Å². The van der Waals surface area contributed by atoms with Crippen molar-refractivity contribution in [2.75, 3.05) is 0 Å². The van der Waals surface area contributed by atoms with Gasteiger partial charge in [-0.3, -0.25) is 0 Å². The summed E-state index contributed by atoms with van der Waals surface area (Å²) in [5.74, 6) is 0.581. The molecule has 0 N–H and O–H groups in total. The number of alkyl halides is 1. The number of hydrogen-bond acceptors (Lipinski definition) is 1. The van der Waals surface area contributed by atoms with E-state index in [1.54, 1.807) is 11.3 Å². The van der Waals surface area contributed by atoms with Gasteiger partial charge in [0, 0.05) is 9.35 Å². The summed E-state index contributed by atoms with van der Waals surface area (Å²) in [6, 6.07) is 0. The van der Waals surface area contributed by atoms with E-state index in [0.717, 1.165) is 8.26 Å². The van der Waals surface area contributed by atoms with Crippen LogP contribution in [0.3, 0.4) is 0 Å². The molecule has 1 aromatic heterocycles. The molecular formula is C6H5Br2ClS. The third-order valence-electron chi connectivity index (χ3n) is 1.20. The highest BCUT2D eigenvalue weighted by Gasteiger charge is 2.08. The molecule has 0 unspecified atom stereocenters. The Morgan fingerprint density at radius 1 is 1.50 bits per heavy atom. The molecule has 0 aliphatic heterocycles. The molecule has 0 aliphatic carbocycles. The van der Waals surface area contributed by atoms with Gasteiger partial charge >= 0.3 is 0 Å². The van der Waals surface area contributed by atoms with Crippen LogP contribution in [0.2, 0.25) is 0 Å². The Hall–Kier alpha value is 0.950. The van der Waals surface area contributed by atoms with Crippen LogP contribution in [0.4, 0.5) is 0 Å². The Bertz CT molecular complexity index is 244. The summed E-state index contributed by atoms with van der Waals surface area (Å²) >= 11 is 14.3. The summed E-state index contributed by atoms with van der Waals surface area (Å²) in [5, 5.41) is 0. The molecule has 0 bridgehead atoms. The van der Waals surface area contributed by atoms with Crippen LogP contribution in [0, 0.1) is 6.92 Å². The first-order valence-corrected chi connectivity index (χ1v) is 5.59. The van der Waals surface area contributed by atoms with Gasteiger partial charge in [-0.1, -0.05) is 0 Å². The summed E-state index contributed by atoms with van der Waals surface area (Å²) in [6.07, 6.45) is 0. The highest BCUT2D eigenvalue weighted by Crippen LogP contribution is 2.36. The Morgan fingerprint density at radius 2 is 2.10 bits per heavy atom. The van der Waals surface area contributed by atoms with E-state index >= 15 is 0 Å². The number of thiophene rings is 1. The first kappa shape index (κ1) is 9.04. The smallest absolute Gasteiger partial charge is 0.0742 e. The van der Waals surface area contributed by atoms with Crippen molar-refractivity contribution in [2.24, 2.45) is 0 Å². The van der Waals surface area contributed by atoms with Crippen molar-refractivity contribution in [3.05, 3.63) is 18.7 Å². The third kappa shape index (κ3) is 1.58. The summed E-state index contributed by atoms with van der Waals surface area (Å²) in [6.45, 7) is 2.06. The van der Waals surface area contributed by atoms with Crippen molar-refractivity contribution in [3.63, 3.8) is 0 Å². The normalized spacial score (nSPS) is 10.4. The molecule has 0 amide bonds. The zero-order valence-electron chi connectivity index (χ0n) is 5.25. The molecule has 56 valence electrons. The molecule has 1 aromatic rings. The number of halogens is 3. The fourth-order valence-corrected chi connectivity index (χ4v) is 3.60. The Balaban J connectivity index is 3.17. The fraction of sp³-hybridized carbons (Fsp3) is 0.333. The SMILES string of the molecule is Cc1c(Br)sc(CCl)c1Br. The minimum Gasteiger partial charge on any atom is -0.131 e. The number of hydrogen-bond donors (Lipinski definition) is 0. The second kappa shape index (κ2) is 3.57. The lowest BCUT2D eigenvalue weighted by atomic mass is 10.3. The summed E-state index contributed by atoms with van der Waals surface area (Å²) in [7, 11) is 0. The lowest BCUT2D eigenvalue weighted by molar-refractivity contribution is 1.41. The van der Waals surface area contributed by atoms with Gasteiger partial charge in [-0.2, -0.15) is 0 Å². The predicted molar refractivity (Wildman–Crippen MR) is 54.0 cm³/mol. The second-order valence-corrected chi connectivity index (χ2v) is 5.35. The van der Waals surface area contributed by atoms with E-state index in [2.05, 4.69) is 38.8 Å². The van der Waals surface area contributed by atoms with Crippen LogP contribution >= 0.6 is 54.8 Å². The highest BCUT2D eigenvalue weighted by atomic mass is 79.9. The summed E-state index contributed by atoms with van der Waals surface area (Å²) in [5.41, 5.74) is 1.24. The Kier molecular flexibility index (Phi) is 3.22. The van der Waals surface area contributed by atoms with E-state index in [4.69, 9.17) is 11.6 Å². The van der Waals surface area contributed by atoms with Gasteiger partial charge in [-0.25, -0.2) is 0 Å². The van der Waals surface area contributed by atoms with E-state index in [1.807, 2.05) is 0 Å². The molecule has 0 saturated heterocycles. The molecule has 1 heterocycles. The minimum absolute atomic E-state index is 0.581. The van der Waals surface area contributed by atoms with Gasteiger partial charge in [0.25, 0.3) is 0 Å². The second-order valence-electron chi connectivity index (χ2n) is 1.87. The average molecular weight is 304 g/mol. The summed E-state index contributed by atoms with van der Waals surface area (Å²) < 4.78 is 2.30. The highest BCUT2D eigenvalue weighted by molar-refractivity contribution is 9.11. The van der Waals surface area contributed by atoms with Crippen LogP contribution in [0.15, 0.2) is 8.26 Å². The number of rotatable bonds is 1. The maximum absolute atomic E-state index is 5.68. The molecule has 10 heavy (non-hydrogen) atoms. The van der Waals surface area contributed by atoms with Crippen LogP contribution < -0.4 is 0 Å². The maximum Gasteiger partial charge on any atom is 0.0742 e. The van der Waals surface area contributed by atoms with Gasteiger partial charge in [0.1, 0.15) is 0 Å². The van der Waals surface area contributed by atoms with Gasteiger partial charge in [0.2, 0.25) is 0 Å². The Morgan fingerprint density at radius 3 is 2.30 bits per heavy atom. The van der Waals surface area contributed by atoms with Crippen molar-refractivity contribution in [1.82, 2.24) is 0 Å². The first-order chi connectivity index (χ1) is 4.66. The molecule has 0 nitrogen and oxygen atoms in total. The molecule has 0 aromatic carbocycles. The predicted octanol–water partition coefficient (Wildman–Crippen LogP) is 4.32. The van der Waals surface area contributed by atoms with E-state index < -0.39 is 0 Å². The van der Waals surface area contributed by atoms with Gasteiger partial charge in [0.05, 0.1) is 9.67 Å². The van der Waals surface area contributed by atoms with Crippen molar-refractivity contribution >= 4 is 54.8 Å². The lowest BCUT2D eigenvalue weighted by Gasteiger charge is -1.88. The quantitative estimate of drug-likeness (QED) is 0.678. The van der Waals surface area contributed by atoms with Crippen molar-refractivity contribution in [1.29, 1.82) is 0 Å². The molecular weight excluding hydrogens is 299 g/mol. The van der Waals surface area contributed by atoms with Crippen LogP contribution in [0.1, 0.15) is 10.4 Å². The van der Waals surface area contributed by atoms with E-state index in [0.29, 0.717) is 5.88 Å². The van der Waals surface area contributed by atoms with Crippen LogP contribution in [-0.2, 0) is 5.88 Å². The molecule has 1 rings (SSSR count). The van der Waals surface area contributed by atoms with Gasteiger partial charge < -0.3 is 0 Å². The van der Waals surface area contributed by atoms with E-state index in [-0.39, 0.29) is 0 Å². The first-order valence-electron chi connectivity index (χ1n) is 2.66. The average Bonchev–Trinajstić information content (AvgIpc) is 2.17. The largest absolute Gasteiger partial charge is 0.131 e. The third-order valence-corrected chi connectivity index (χ3v) is 5.13. The zero-order valence-corrected chi connectivity index (χ0v) is 9.99. The zero-order chi connectivity index (χ0) is 7.72. The molecule has 0 radical (unpaired) electrons. The van der Waals surface area contributed by atoms with Crippen molar-refractivity contribution in [3.8, 4) is 0 Å². The van der Waals surface area contributed by atoms with Crippen LogP contribution in [0.25, 0.3) is 0 Å². The monoisotopic (exact) mass is 302 g/mol. The molecule has 4 heteroatoms. The van der Waals surface area contributed by atoms with Gasteiger partial charge in [-0.05, 0) is 44.3 Å². The molecule has 0 spiro atoms. The van der Waals surface area contributed by atoms with Crippen molar-refractivity contribution in [2.45, 2.75) is 12.8 Å². The maximum atomic E-state index is 5.68. The summed E-state index contributed by atoms with van der Waals surface area (Å²) in [4.78, 5) is 1.19.